The molecule has 0 saturated carbocycles. The van der Waals surface area contributed by atoms with E-state index in [1.165, 1.54) is 6.20 Å². The van der Waals surface area contributed by atoms with E-state index in [2.05, 4.69) is 19.9 Å². The van der Waals surface area contributed by atoms with Crippen LogP contribution in [0.5, 0.6) is 0 Å². The number of anilines is 1. The molecule has 0 aliphatic carbocycles. The van der Waals surface area contributed by atoms with E-state index in [0.29, 0.717) is 18.4 Å². The molecule has 1 saturated heterocycles. The zero-order chi connectivity index (χ0) is 14.6. The van der Waals surface area contributed by atoms with Gasteiger partial charge in [0, 0.05) is 25.3 Å². The van der Waals surface area contributed by atoms with Gasteiger partial charge in [0.15, 0.2) is 0 Å². The van der Waals surface area contributed by atoms with E-state index in [1.54, 1.807) is 12.1 Å². The highest BCUT2D eigenvalue weighted by Gasteiger charge is 2.23. The lowest BCUT2D eigenvalue weighted by atomic mass is 10.2. The number of likely N-dealkylation sites (tertiary alicyclic amines) is 1. The van der Waals surface area contributed by atoms with E-state index in [0.717, 1.165) is 25.9 Å². The molecule has 112 valence electrons. The summed E-state index contributed by atoms with van der Waals surface area (Å²) in [6.07, 6.45) is 3.55. The number of nitrogens with one attached hydrogen (secondary N) is 2. The predicted molar refractivity (Wildman–Crippen MR) is 79.2 cm³/mol. The van der Waals surface area contributed by atoms with E-state index >= 15 is 0 Å². The van der Waals surface area contributed by atoms with Gasteiger partial charge in [0.2, 0.25) is 10.0 Å². The maximum Gasteiger partial charge on any atom is 0.242 e. The number of likely N-dealkylation sites (N-methyl/N-ethyl adjacent to an activating group) is 1. The van der Waals surface area contributed by atoms with Crippen LogP contribution in [-0.2, 0) is 10.0 Å². The smallest absolute Gasteiger partial charge is 0.242 e. The minimum absolute atomic E-state index is 0.208. The number of aromatic nitrogens is 1. The molecule has 2 N–H and O–H groups in total. The first-order valence-electron chi connectivity index (χ1n) is 6.93. The Bertz CT molecular complexity index is 530. The quantitative estimate of drug-likeness (QED) is 0.816. The highest BCUT2D eigenvalue weighted by molar-refractivity contribution is 7.89. The molecule has 0 amide bonds. The second-order valence-electron chi connectivity index (χ2n) is 5.04. The van der Waals surface area contributed by atoms with Crippen LogP contribution < -0.4 is 10.0 Å². The first-order chi connectivity index (χ1) is 9.53. The molecule has 1 aromatic heterocycles. The Morgan fingerprint density at radius 1 is 1.45 bits per heavy atom. The average Bonchev–Trinajstić information content (AvgIpc) is 2.83. The molecule has 1 aliphatic heterocycles. The summed E-state index contributed by atoms with van der Waals surface area (Å²) in [7, 11) is -1.44. The van der Waals surface area contributed by atoms with Crippen molar-refractivity contribution in [3.8, 4) is 0 Å². The molecule has 0 bridgehead atoms. The summed E-state index contributed by atoms with van der Waals surface area (Å²) in [4.78, 5) is 6.49. The molecule has 0 radical (unpaired) electrons. The third-order valence-corrected chi connectivity index (χ3v) is 4.99. The summed E-state index contributed by atoms with van der Waals surface area (Å²) in [5, 5.41) is 3.04. The van der Waals surface area contributed by atoms with Crippen LogP contribution in [-0.4, -0.2) is 51.0 Å². The Hall–Kier alpha value is -1.18. The zero-order valence-electron chi connectivity index (χ0n) is 12.0. The maximum absolute atomic E-state index is 12.2. The predicted octanol–water partition coefficient (Wildman–Crippen LogP) is 0.886. The third-order valence-electron chi connectivity index (χ3n) is 3.59. The van der Waals surface area contributed by atoms with Crippen molar-refractivity contribution in [3.05, 3.63) is 18.3 Å². The van der Waals surface area contributed by atoms with Gasteiger partial charge in [0.05, 0.1) is 0 Å². The van der Waals surface area contributed by atoms with Crippen molar-refractivity contribution in [1.82, 2.24) is 14.6 Å². The molecule has 1 fully saturated rings. The fourth-order valence-corrected chi connectivity index (χ4v) is 3.37. The van der Waals surface area contributed by atoms with Crippen molar-refractivity contribution in [2.75, 3.05) is 32.0 Å². The largest absolute Gasteiger partial charge is 0.370 e. The van der Waals surface area contributed by atoms with Gasteiger partial charge in [-0.25, -0.2) is 18.1 Å². The summed E-state index contributed by atoms with van der Waals surface area (Å²) in [5.74, 6) is 0.682. The normalized spacial score (nSPS) is 20.2. The van der Waals surface area contributed by atoms with Crippen LogP contribution in [0.3, 0.4) is 0 Å². The summed E-state index contributed by atoms with van der Waals surface area (Å²) in [5.41, 5.74) is 0. The SMILES string of the molecule is CCNc1ccc(S(=O)(=O)NCC2CCCN2C)cn1. The van der Waals surface area contributed by atoms with Crippen LogP contribution in [0.2, 0.25) is 0 Å². The molecule has 2 heterocycles. The molecule has 0 spiro atoms. The van der Waals surface area contributed by atoms with Crippen LogP contribution in [0.4, 0.5) is 5.82 Å². The number of pyridine rings is 1. The molecular formula is C13H22N4O2S. The third kappa shape index (κ3) is 3.68. The zero-order valence-corrected chi connectivity index (χ0v) is 12.8. The van der Waals surface area contributed by atoms with Crippen molar-refractivity contribution in [3.63, 3.8) is 0 Å². The Morgan fingerprint density at radius 3 is 2.80 bits per heavy atom. The topological polar surface area (TPSA) is 74.3 Å². The number of sulfonamides is 1. The molecule has 2 rings (SSSR count). The van der Waals surface area contributed by atoms with Gasteiger partial charge in [-0.3, -0.25) is 0 Å². The molecular weight excluding hydrogens is 276 g/mol. The highest BCUT2D eigenvalue weighted by Crippen LogP contribution is 2.15. The lowest BCUT2D eigenvalue weighted by Crippen LogP contribution is -2.38. The highest BCUT2D eigenvalue weighted by atomic mass is 32.2. The van der Waals surface area contributed by atoms with Crippen molar-refractivity contribution in [2.45, 2.75) is 30.7 Å². The van der Waals surface area contributed by atoms with Gasteiger partial charge in [0.25, 0.3) is 0 Å². The van der Waals surface area contributed by atoms with E-state index in [-0.39, 0.29) is 4.90 Å². The van der Waals surface area contributed by atoms with E-state index in [9.17, 15) is 8.42 Å². The molecule has 1 unspecified atom stereocenters. The van der Waals surface area contributed by atoms with E-state index in [1.807, 2.05) is 14.0 Å². The van der Waals surface area contributed by atoms with Crippen molar-refractivity contribution in [1.29, 1.82) is 0 Å². The van der Waals surface area contributed by atoms with Crippen molar-refractivity contribution < 1.29 is 8.42 Å². The van der Waals surface area contributed by atoms with Gasteiger partial charge in [-0.15, -0.1) is 0 Å². The first kappa shape index (κ1) is 15.2. The lowest BCUT2D eigenvalue weighted by molar-refractivity contribution is 0.311. The molecule has 0 aromatic carbocycles. The van der Waals surface area contributed by atoms with Gasteiger partial charge in [0.1, 0.15) is 10.7 Å². The second-order valence-corrected chi connectivity index (χ2v) is 6.80. The number of rotatable bonds is 6. The van der Waals surface area contributed by atoms with E-state index < -0.39 is 10.0 Å². The molecule has 1 aliphatic rings. The van der Waals surface area contributed by atoms with Crippen molar-refractivity contribution >= 4 is 15.8 Å². The van der Waals surface area contributed by atoms with Gasteiger partial charge in [-0.2, -0.15) is 0 Å². The Morgan fingerprint density at radius 2 is 2.25 bits per heavy atom. The molecule has 1 aromatic rings. The van der Waals surface area contributed by atoms with Crippen LogP contribution in [0.15, 0.2) is 23.2 Å². The van der Waals surface area contributed by atoms with Crippen molar-refractivity contribution in [2.24, 2.45) is 0 Å². The summed E-state index contributed by atoms with van der Waals surface area (Å²) < 4.78 is 27.0. The standard InChI is InChI=1S/C13H22N4O2S/c1-3-14-13-7-6-12(10-15-13)20(18,19)16-9-11-5-4-8-17(11)2/h6-7,10-11,16H,3-5,8-9H2,1-2H3,(H,14,15). The minimum Gasteiger partial charge on any atom is -0.370 e. The summed E-state index contributed by atoms with van der Waals surface area (Å²) >= 11 is 0. The van der Waals surface area contributed by atoms with Crippen LogP contribution >= 0.6 is 0 Å². The van der Waals surface area contributed by atoms with Gasteiger partial charge >= 0.3 is 0 Å². The Balaban J connectivity index is 1.98. The fourth-order valence-electron chi connectivity index (χ4n) is 2.35. The molecule has 20 heavy (non-hydrogen) atoms. The monoisotopic (exact) mass is 298 g/mol. The second kappa shape index (κ2) is 6.51. The minimum atomic E-state index is -3.47. The van der Waals surface area contributed by atoms with Crippen LogP contribution in [0.1, 0.15) is 19.8 Å². The van der Waals surface area contributed by atoms with Crippen LogP contribution in [0.25, 0.3) is 0 Å². The first-order valence-corrected chi connectivity index (χ1v) is 8.41. The summed E-state index contributed by atoms with van der Waals surface area (Å²) in [6.45, 7) is 4.20. The number of hydrogen-bond acceptors (Lipinski definition) is 5. The van der Waals surface area contributed by atoms with Gasteiger partial charge in [-0.1, -0.05) is 0 Å². The molecule has 1 atom stereocenters. The average molecular weight is 298 g/mol. The number of nitrogens with zero attached hydrogens (tertiary/aromatic N) is 2. The van der Waals surface area contributed by atoms with Gasteiger partial charge in [-0.05, 0) is 45.5 Å². The molecule has 6 nitrogen and oxygen atoms in total. The summed E-state index contributed by atoms with van der Waals surface area (Å²) in [6, 6.07) is 3.55. The maximum atomic E-state index is 12.2. The number of hydrogen-bond donors (Lipinski definition) is 2. The van der Waals surface area contributed by atoms with Gasteiger partial charge < -0.3 is 10.2 Å². The fraction of sp³-hybridized carbons (Fsp3) is 0.615. The van der Waals surface area contributed by atoms with Crippen LogP contribution in [0, 0.1) is 0 Å². The molecule has 7 heteroatoms. The van der Waals surface area contributed by atoms with E-state index in [4.69, 9.17) is 0 Å². The Labute approximate surface area is 120 Å². The Kier molecular flexibility index (Phi) is 4.95. The lowest BCUT2D eigenvalue weighted by Gasteiger charge is -2.19.